The molecule has 2 N–H and O–H groups in total. The fraction of sp³-hybridized carbons (Fsp3) is 0.286. The van der Waals surface area contributed by atoms with Gasteiger partial charge in [0.15, 0.2) is 23.4 Å². The molecule has 2 rings (SSSR count). The van der Waals surface area contributed by atoms with E-state index in [-0.39, 0.29) is 16.9 Å². The monoisotopic (exact) mass is 385 g/mol. The van der Waals surface area contributed by atoms with Gasteiger partial charge >= 0.3 is 5.97 Å². The Bertz CT molecular complexity index is 877. The first-order valence-corrected chi connectivity index (χ1v) is 8.92. The maximum atomic E-state index is 13.0. The number of rotatable bonds is 9. The van der Waals surface area contributed by atoms with E-state index in [1.807, 2.05) is 13.8 Å². The van der Waals surface area contributed by atoms with E-state index in [1.165, 1.54) is 19.1 Å². The Labute approximate surface area is 163 Å². The summed E-state index contributed by atoms with van der Waals surface area (Å²) in [5, 5.41) is 0. The second-order valence-electron chi connectivity index (χ2n) is 5.85. The average molecular weight is 385 g/mol. The summed E-state index contributed by atoms with van der Waals surface area (Å²) in [6, 6.07) is 11.0. The van der Waals surface area contributed by atoms with Gasteiger partial charge in [-0.15, -0.1) is 0 Å². The van der Waals surface area contributed by atoms with Gasteiger partial charge in [-0.3, -0.25) is 9.59 Å². The zero-order valence-corrected chi connectivity index (χ0v) is 16.1. The van der Waals surface area contributed by atoms with E-state index in [0.29, 0.717) is 30.3 Å². The van der Waals surface area contributed by atoms with Crippen LogP contribution < -0.4 is 15.2 Å². The molecule has 2 aromatic rings. The molecule has 0 saturated carbocycles. The van der Waals surface area contributed by atoms with Crippen molar-refractivity contribution >= 4 is 17.7 Å². The van der Waals surface area contributed by atoms with Crippen LogP contribution in [0.15, 0.2) is 42.5 Å². The normalized spacial score (nSPS) is 11.4. The highest BCUT2D eigenvalue weighted by molar-refractivity contribution is 6.14. The lowest BCUT2D eigenvalue weighted by Gasteiger charge is -2.14. The van der Waals surface area contributed by atoms with Crippen molar-refractivity contribution in [1.82, 2.24) is 0 Å². The zero-order chi connectivity index (χ0) is 20.7. The first-order valence-electron chi connectivity index (χ1n) is 8.92. The van der Waals surface area contributed by atoms with Gasteiger partial charge in [-0.05, 0) is 45.0 Å². The number of nitrogens with two attached hydrogens (primary N) is 1. The number of benzene rings is 2. The molecule has 1 amide bonds. The van der Waals surface area contributed by atoms with Crippen LogP contribution in [0.5, 0.6) is 11.5 Å². The van der Waals surface area contributed by atoms with Crippen molar-refractivity contribution in [3.05, 3.63) is 59.2 Å². The predicted octanol–water partition coefficient (Wildman–Crippen LogP) is 2.75. The Morgan fingerprint density at radius 3 is 2.14 bits per heavy atom. The second kappa shape index (κ2) is 9.55. The lowest BCUT2D eigenvalue weighted by molar-refractivity contribution is -0.125. The van der Waals surface area contributed by atoms with Gasteiger partial charge in [-0.2, -0.15) is 0 Å². The van der Waals surface area contributed by atoms with Crippen LogP contribution in [0.2, 0.25) is 0 Å². The molecule has 28 heavy (non-hydrogen) atoms. The number of esters is 1. The number of primary amides is 1. The molecule has 0 bridgehead atoms. The molecule has 0 aliphatic carbocycles. The lowest BCUT2D eigenvalue weighted by Crippen LogP contribution is -2.30. The summed E-state index contributed by atoms with van der Waals surface area (Å²) in [5.74, 6) is -0.985. The Kier molecular flexibility index (Phi) is 7.14. The minimum absolute atomic E-state index is 0.0486. The largest absolute Gasteiger partial charge is 0.490 e. The molecule has 0 aromatic heterocycles. The molecule has 7 heteroatoms. The average Bonchev–Trinajstić information content (AvgIpc) is 2.69. The topological polar surface area (TPSA) is 105 Å². The van der Waals surface area contributed by atoms with Crippen molar-refractivity contribution in [3.8, 4) is 11.5 Å². The lowest BCUT2D eigenvalue weighted by atomic mass is 9.98. The first kappa shape index (κ1) is 21.0. The van der Waals surface area contributed by atoms with Crippen LogP contribution in [0.3, 0.4) is 0 Å². The van der Waals surface area contributed by atoms with Gasteiger partial charge in [0.2, 0.25) is 0 Å². The van der Waals surface area contributed by atoms with Crippen molar-refractivity contribution in [2.75, 3.05) is 13.2 Å². The maximum absolute atomic E-state index is 13.0. The SMILES string of the molecule is CCOc1ccc(C(=O)c2ccccc2C(=O)O[C@@H](C)C(N)=O)cc1OCC. The summed E-state index contributed by atoms with van der Waals surface area (Å²) in [7, 11) is 0. The Hall–Kier alpha value is -3.35. The number of carbonyl (C=O) groups is 3. The third-order valence-electron chi connectivity index (χ3n) is 3.88. The summed E-state index contributed by atoms with van der Waals surface area (Å²) in [6.07, 6.45) is -1.11. The number of hydrogen-bond acceptors (Lipinski definition) is 6. The predicted molar refractivity (Wildman–Crippen MR) is 103 cm³/mol. The molecule has 0 aliphatic rings. The number of carbonyl (C=O) groups excluding carboxylic acids is 3. The van der Waals surface area contributed by atoms with Crippen molar-refractivity contribution < 1.29 is 28.6 Å². The molecule has 0 saturated heterocycles. The van der Waals surface area contributed by atoms with E-state index in [0.717, 1.165) is 0 Å². The summed E-state index contributed by atoms with van der Waals surface area (Å²) >= 11 is 0. The van der Waals surface area contributed by atoms with Gasteiger partial charge in [0.25, 0.3) is 5.91 Å². The van der Waals surface area contributed by atoms with Crippen molar-refractivity contribution in [2.24, 2.45) is 5.73 Å². The Morgan fingerprint density at radius 1 is 0.929 bits per heavy atom. The van der Waals surface area contributed by atoms with Gasteiger partial charge in [0, 0.05) is 11.1 Å². The zero-order valence-electron chi connectivity index (χ0n) is 16.1. The Morgan fingerprint density at radius 2 is 1.54 bits per heavy atom. The fourth-order valence-electron chi connectivity index (χ4n) is 2.49. The number of amides is 1. The molecule has 0 aliphatic heterocycles. The number of ether oxygens (including phenoxy) is 3. The van der Waals surface area contributed by atoms with Crippen LogP contribution in [0.4, 0.5) is 0 Å². The molecule has 0 fully saturated rings. The molecular weight excluding hydrogens is 362 g/mol. The van der Waals surface area contributed by atoms with Crippen LogP contribution in [0.25, 0.3) is 0 Å². The smallest absolute Gasteiger partial charge is 0.339 e. The van der Waals surface area contributed by atoms with Crippen LogP contribution in [0, 0.1) is 0 Å². The summed E-state index contributed by atoms with van der Waals surface area (Å²) in [5.41, 5.74) is 5.65. The summed E-state index contributed by atoms with van der Waals surface area (Å²) in [6.45, 7) is 5.91. The van der Waals surface area contributed by atoms with E-state index >= 15 is 0 Å². The molecule has 0 radical (unpaired) electrons. The molecule has 148 valence electrons. The van der Waals surface area contributed by atoms with E-state index < -0.39 is 18.0 Å². The molecule has 2 aromatic carbocycles. The van der Waals surface area contributed by atoms with Crippen LogP contribution in [-0.2, 0) is 9.53 Å². The van der Waals surface area contributed by atoms with Gasteiger partial charge in [-0.1, -0.05) is 18.2 Å². The molecule has 0 unspecified atom stereocenters. The molecule has 0 heterocycles. The van der Waals surface area contributed by atoms with Crippen LogP contribution in [-0.4, -0.2) is 37.0 Å². The van der Waals surface area contributed by atoms with E-state index in [9.17, 15) is 14.4 Å². The number of ketones is 1. The second-order valence-corrected chi connectivity index (χ2v) is 5.85. The Balaban J connectivity index is 2.38. The minimum Gasteiger partial charge on any atom is -0.490 e. The summed E-state index contributed by atoms with van der Waals surface area (Å²) in [4.78, 5) is 36.6. The van der Waals surface area contributed by atoms with Crippen molar-refractivity contribution in [1.29, 1.82) is 0 Å². The minimum atomic E-state index is -1.11. The summed E-state index contributed by atoms with van der Waals surface area (Å²) < 4.78 is 16.1. The van der Waals surface area contributed by atoms with Crippen molar-refractivity contribution in [3.63, 3.8) is 0 Å². The van der Waals surface area contributed by atoms with Gasteiger partial charge < -0.3 is 19.9 Å². The van der Waals surface area contributed by atoms with Gasteiger partial charge in [0.1, 0.15) is 0 Å². The van der Waals surface area contributed by atoms with Crippen LogP contribution in [0.1, 0.15) is 47.1 Å². The highest BCUT2D eigenvalue weighted by atomic mass is 16.5. The highest BCUT2D eigenvalue weighted by Gasteiger charge is 2.23. The molecule has 0 spiro atoms. The third kappa shape index (κ3) is 4.88. The third-order valence-corrected chi connectivity index (χ3v) is 3.88. The first-order chi connectivity index (χ1) is 13.4. The van der Waals surface area contributed by atoms with Crippen molar-refractivity contribution in [2.45, 2.75) is 26.9 Å². The van der Waals surface area contributed by atoms with Gasteiger partial charge in [-0.25, -0.2) is 4.79 Å². The number of hydrogen-bond donors (Lipinski definition) is 1. The van der Waals surface area contributed by atoms with Gasteiger partial charge in [0.05, 0.1) is 18.8 Å². The highest BCUT2D eigenvalue weighted by Crippen LogP contribution is 2.30. The standard InChI is InChI=1S/C21H23NO6/c1-4-26-17-11-10-14(12-18(17)27-5-2)19(23)15-8-6-7-9-16(15)21(25)28-13(3)20(22)24/h6-13H,4-5H2,1-3H3,(H2,22,24)/t13-/m0/s1. The molecule has 1 atom stereocenters. The van der Waals surface area contributed by atoms with E-state index in [4.69, 9.17) is 19.9 Å². The quantitative estimate of drug-likeness (QED) is 0.526. The van der Waals surface area contributed by atoms with Crippen LogP contribution >= 0.6 is 0 Å². The molecule has 7 nitrogen and oxygen atoms in total. The molecular formula is C21H23NO6. The fourth-order valence-corrected chi connectivity index (χ4v) is 2.49. The van der Waals surface area contributed by atoms with E-state index in [2.05, 4.69) is 0 Å². The van der Waals surface area contributed by atoms with E-state index in [1.54, 1.807) is 30.3 Å². The maximum Gasteiger partial charge on any atom is 0.339 e.